The average Bonchev–Trinajstić information content (AvgIpc) is 2.35. The zero-order valence-corrected chi connectivity index (χ0v) is 9.69. The van der Waals surface area contributed by atoms with E-state index in [0.717, 1.165) is 11.1 Å². The maximum atomic E-state index is 11.2. The molecule has 0 unspecified atom stereocenters. The van der Waals surface area contributed by atoms with E-state index in [2.05, 4.69) is 15.6 Å². The van der Waals surface area contributed by atoms with Crippen molar-refractivity contribution >= 4 is 18.1 Å². The van der Waals surface area contributed by atoms with Gasteiger partial charge in [0.15, 0.2) is 0 Å². The SMILES string of the molecule is COC(=O)NNC(=O)C=Cc1ccc(C)cc1. The molecule has 0 aliphatic carbocycles. The van der Waals surface area contributed by atoms with E-state index in [9.17, 15) is 9.59 Å². The molecule has 5 heteroatoms. The summed E-state index contributed by atoms with van der Waals surface area (Å²) < 4.78 is 4.29. The lowest BCUT2D eigenvalue weighted by Gasteiger charge is -2.02. The molecule has 2 N–H and O–H groups in total. The van der Waals surface area contributed by atoms with Crippen molar-refractivity contribution in [2.75, 3.05) is 7.11 Å². The molecule has 0 spiro atoms. The van der Waals surface area contributed by atoms with Crippen molar-refractivity contribution in [3.8, 4) is 0 Å². The lowest BCUT2D eigenvalue weighted by atomic mass is 10.1. The molecule has 17 heavy (non-hydrogen) atoms. The Bertz CT molecular complexity index is 424. The third-order valence-electron chi connectivity index (χ3n) is 1.98. The molecule has 0 bridgehead atoms. The highest BCUT2D eigenvalue weighted by atomic mass is 16.5. The van der Waals surface area contributed by atoms with E-state index in [1.165, 1.54) is 13.2 Å². The molecule has 90 valence electrons. The molecule has 0 atom stereocenters. The van der Waals surface area contributed by atoms with Gasteiger partial charge in [0.1, 0.15) is 0 Å². The molecule has 0 aliphatic rings. The summed E-state index contributed by atoms with van der Waals surface area (Å²) in [4.78, 5) is 21.9. The van der Waals surface area contributed by atoms with Crippen LogP contribution in [-0.2, 0) is 9.53 Å². The predicted octanol–water partition coefficient (Wildman–Crippen LogP) is 1.40. The van der Waals surface area contributed by atoms with Gasteiger partial charge >= 0.3 is 6.09 Å². The summed E-state index contributed by atoms with van der Waals surface area (Å²) in [6.45, 7) is 1.99. The first kappa shape index (κ1) is 12.8. The van der Waals surface area contributed by atoms with Gasteiger partial charge in [-0.05, 0) is 18.6 Å². The van der Waals surface area contributed by atoms with E-state index in [1.54, 1.807) is 6.08 Å². The molecule has 0 saturated heterocycles. The van der Waals surface area contributed by atoms with E-state index in [1.807, 2.05) is 31.2 Å². The molecule has 0 aliphatic heterocycles. The molecule has 0 radical (unpaired) electrons. The van der Waals surface area contributed by atoms with Crippen LogP contribution >= 0.6 is 0 Å². The lowest BCUT2D eigenvalue weighted by Crippen LogP contribution is -2.40. The second-order valence-corrected chi connectivity index (χ2v) is 3.35. The molecule has 1 aromatic carbocycles. The molecule has 1 rings (SSSR count). The summed E-state index contributed by atoms with van der Waals surface area (Å²) in [7, 11) is 1.21. The van der Waals surface area contributed by atoms with E-state index in [-0.39, 0.29) is 0 Å². The fourth-order valence-corrected chi connectivity index (χ4v) is 1.05. The fraction of sp³-hybridized carbons (Fsp3) is 0.167. The Labute approximate surface area is 99.4 Å². The Morgan fingerprint density at radius 1 is 1.18 bits per heavy atom. The van der Waals surface area contributed by atoms with Crippen LogP contribution in [0.15, 0.2) is 30.3 Å². The minimum atomic E-state index is -0.720. The smallest absolute Gasteiger partial charge is 0.425 e. The molecule has 0 fully saturated rings. The highest BCUT2D eigenvalue weighted by Gasteiger charge is 1.99. The van der Waals surface area contributed by atoms with Crippen molar-refractivity contribution in [1.82, 2.24) is 10.9 Å². The zero-order chi connectivity index (χ0) is 12.7. The van der Waals surface area contributed by atoms with Crippen molar-refractivity contribution in [3.05, 3.63) is 41.5 Å². The Morgan fingerprint density at radius 3 is 2.41 bits per heavy atom. The number of rotatable bonds is 2. The van der Waals surface area contributed by atoms with E-state index in [4.69, 9.17) is 0 Å². The molecule has 5 nitrogen and oxygen atoms in total. The normalized spacial score (nSPS) is 10.0. The first-order chi connectivity index (χ1) is 8.11. The second kappa shape index (κ2) is 6.32. The van der Waals surface area contributed by atoms with Crippen LogP contribution in [0.4, 0.5) is 4.79 Å². The van der Waals surface area contributed by atoms with Crippen LogP contribution in [-0.4, -0.2) is 19.1 Å². The average molecular weight is 234 g/mol. The summed E-state index contributed by atoms with van der Waals surface area (Å²) in [5, 5.41) is 0. The highest BCUT2D eigenvalue weighted by molar-refractivity contribution is 5.92. The number of ether oxygens (including phenoxy) is 1. The summed E-state index contributed by atoms with van der Waals surface area (Å²) in [5.74, 6) is -0.434. The quantitative estimate of drug-likeness (QED) is 0.600. The van der Waals surface area contributed by atoms with Gasteiger partial charge in [-0.15, -0.1) is 0 Å². The monoisotopic (exact) mass is 234 g/mol. The van der Waals surface area contributed by atoms with Crippen LogP contribution in [0, 0.1) is 6.92 Å². The first-order valence-electron chi connectivity index (χ1n) is 5.00. The minimum Gasteiger partial charge on any atom is -0.452 e. The highest BCUT2D eigenvalue weighted by Crippen LogP contribution is 2.04. The second-order valence-electron chi connectivity index (χ2n) is 3.35. The Hall–Kier alpha value is -2.30. The third kappa shape index (κ3) is 4.83. The number of amides is 2. The van der Waals surface area contributed by atoms with Gasteiger partial charge in [-0.1, -0.05) is 29.8 Å². The van der Waals surface area contributed by atoms with Crippen molar-refractivity contribution in [3.63, 3.8) is 0 Å². The molecule has 1 aromatic rings. The Morgan fingerprint density at radius 2 is 1.82 bits per heavy atom. The number of carbonyl (C=O) groups excluding carboxylic acids is 2. The molecule has 0 aromatic heterocycles. The molecular formula is C12H14N2O3. The van der Waals surface area contributed by atoms with Gasteiger partial charge in [0, 0.05) is 6.08 Å². The van der Waals surface area contributed by atoms with Crippen molar-refractivity contribution in [1.29, 1.82) is 0 Å². The van der Waals surface area contributed by atoms with Gasteiger partial charge in [-0.25, -0.2) is 10.2 Å². The number of hydrogen-bond donors (Lipinski definition) is 2. The predicted molar refractivity (Wildman–Crippen MR) is 63.9 cm³/mol. The fourth-order valence-electron chi connectivity index (χ4n) is 1.05. The van der Waals surface area contributed by atoms with Gasteiger partial charge in [0.05, 0.1) is 7.11 Å². The van der Waals surface area contributed by atoms with Crippen molar-refractivity contribution in [2.45, 2.75) is 6.92 Å². The molecule has 2 amide bonds. The van der Waals surface area contributed by atoms with Crippen LogP contribution in [0.1, 0.15) is 11.1 Å². The molecular weight excluding hydrogens is 220 g/mol. The summed E-state index contributed by atoms with van der Waals surface area (Å²) in [5.41, 5.74) is 6.29. The topological polar surface area (TPSA) is 67.4 Å². The van der Waals surface area contributed by atoms with Crippen LogP contribution in [0.3, 0.4) is 0 Å². The van der Waals surface area contributed by atoms with Crippen LogP contribution in [0.5, 0.6) is 0 Å². The number of hydrazine groups is 1. The number of benzene rings is 1. The number of nitrogens with one attached hydrogen (secondary N) is 2. The van der Waals surface area contributed by atoms with E-state index in [0.29, 0.717) is 0 Å². The summed E-state index contributed by atoms with van der Waals surface area (Å²) in [6, 6.07) is 7.69. The largest absolute Gasteiger partial charge is 0.452 e. The van der Waals surface area contributed by atoms with Crippen molar-refractivity contribution < 1.29 is 14.3 Å². The maximum Gasteiger partial charge on any atom is 0.425 e. The number of methoxy groups -OCH3 is 1. The standard InChI is InChI=1S/C12H14N2O3/c1-9-3-5-10(6-4-9)7-8-11(15)13-14-12(16)17-2/h3-8H,1-2H3,(H,13,15)(H,14,16). The summed E-state index contributed by atoms with van der Waals surface area (Å²) in [6.07, 6.45) is 2.25. The van der Waals surface area contributed by atoms with Crippen molar-refractivity contribution in [2.24, 2.45) is 0 Å². The maximum absolute atomic E-state index is 11.2. The Kier molecular flexibility index (Phi) is 4.75. The first-order valence-corrected chi connectivity index (χ1v) is 5.00. The van der Waals surface area contributed by atoms with E-state index < -0.39 is 12.0 Å². The van der Waals surface area contributed by atoms with Gasteiger partial charge < -0.3 is 4.74 Å². The van der Waals surface area contributed by atoms with Gasteiger partial charge in [0.2, 0.25) is 0 Å². The lowest BCUT2D eigenvalue weighted by molar-refractivity contribution is -0.117. The number of aryl methyl sites for hydroxylation is 1. The van der Waals surface area contributed by atoms with E-state index >= 15 is 0 Å². The molecule has 0 heterocycles. The molecule has 0 saturated carbocycles. The van der Waals surface area contributed by atoms with Crippen LogP contribution < -0.4 is 10.9 Å². The summed E-state index contributed by atoms with van der Waals surface area (Å²) >= 11 is 0. The van der Waals surface area contributed by atoms with Gasteiger partial charge in [-0.2, -0.15) is 0 Å². The Balaban J connectivity index is 2.45. The van der Waals surface area contributed by atoms with Crippen LogP contribution in [0.2, 0.25) is 0 Å². The zero-order valence-electron chi connectivity index (χ0n) is 9.69. The van der Waals surface area contributed by atoms with Gasteiger partial charge in [0.25, 0.3) is 5.91 Å². The minimum absolute atomic E-state index is 0.434. The van der Waals surface area contributed by atoms with Gasteiger partial charge in [-0.3, -0.25) is 10.2 Å². The third-order valence-corrected chi connectivity index (χ3v) is 1.98. The number of hydrogen-bond acceptors (Lipinski definition) is 3. The van der Waals surface area contributed by atoms with Crippen LogP contribution in [0.25, 0.3) is 6.08 Å². The number of carbonyl (C=O) groups is 2.